The van der Waals surface area contributed by atoms with Crippen LogP contribution in [0.5, 0.6) is 0 Å². The van der Waals surface area contributed by atoms with Crippen molar-refractivity contribution < 1.29 is 4.79 Å². The molecule has 0 aliphatic rings. The molecule has 1 rings (SSSR count). The number of carbonyl (C=O) groups is 1. The van der Waals surface area contributed by atoms with Crippen LogP contribution in [-0.4, -0.2) is 33.2 Å². The Morgan fingerprint density at radius 2 is 2.07 bits per heavy atom. The standard InChI is InChI=1S/C10H9NOSe.Li/c1-10(7-11,9(12)13)8-5-3-2-4-6-8;/h2-6H,1H3,(H,12,13);/q;+1/p-1. The maximum absolute atomic E-state index is 11.7. The number of benzene rings is 1. The van der Waals surface area contributed by atoms with E-state index in [4.69, 9.17) is 5.26 Å². The number of hydrogen-bond acceptors (Lipinski definition) is 2. The Labute approximate surface area is 97.3 Å². The van der Waals surface area contributed by atoms with E-state index in [0.717, 1.165) is 5.56 Å². The van der Waals surface area contributed by atoms with Gasteiger partial charge in [-0.15, -0.1) is 0 Å². The third-order valence-corrected chi connectivity index (χ3v) is 3.80. The minimum atomic E-state index is -0.962. The fourth-order valence-electron chi connectivity index (χ4n) is 1.20. The molecule has 0 radical (unpaired) electrons. The van der Waals surface area contributed by atoms with Crippen LogP contribution in [0.3, 0.4) is 0 Å². The first-order chi connectivity index (χ1) is 6.65. The van der Waals surface area contributed by atoms with Crippen molar-refractivity contribution in [3.63, 3.8) is 0 Å². The van der Waals surface area contributed by atoms with Gasteiger partial charge in [0.15, 0.2) is 0 Å². The fourth-order valence-corrected chi connectivity index (χ4v) is 2.40. The van der Waals surface area contributed by atoms with E-state index in [1.54, 1.807) is 6.92 Å². The molecule has 4 heteroatoms. The molecular formula is C10H8LiNOSe. The van der Waals surface area contributed by atoms with Gasteiger partial charge in [0.05, 0.1) is 0 Å². The van der Waals surface area contributed by atoms with E-state index in [2.05, 4.69) is 6.07 Å². The zero-order valence-corrected chi connectivity index (χ0v) is 9.86. The molecular weight excluding hydrogens is 236 g/mol. The van der Waals surface area contributed by atoms with Gasteiger partial charge in [-0.3, -0.25) is 0 Å². The van der Waals surface area contributed by atoms with Crippen molar-refractivity contribution in [3.05, 3.63) is 35.9 Å². The molecule has 0 heterocycles. The van der Waals surface area contributed by atoms with Crippen molar-refractivity contribution >= 4 is 33.2 Å². The van der Waals surface area contributed by atoms with E-state index in [1.807, 2.05) is 46.1 Å². The van der Waals surface area contributed by atoms with Gasteiger partial charge in [-0.05, 0) is 0 Å². The van der Waals surface area contributed by atoms with Gasteiger partial charge in [-0.1, -0.05) is 0 Å². The summed E-state index contributed by atoms with van der Waals surface area (Å²) >= 11 is 1.70. The summed E-state index contributed by atoms with van der Waals surface area (Å²) in [5, 5.41) is 9.08. The molecule has 0 fully saturated rings. The average Bonchev–Trinajstić information content (AvgIpc) is 2.28. The Hall–Kier alpha value is -0.503. The average molecular weight is 244 g/mol. The SMILES string of the molecule is [Li][Se]C(=O)C(C)(C#N)c1ccccc1. The summed E-state index contributed by atoms with van der Waals surface area (Å²) in [5.41, 5.74) is -0.174. The molecule has 0 aliphatic carbocycles. The zero-order chi connectivity index (χ0) is 10.6. The molecule has 1 unspecified atom stereocenters. The molecule has 0 spiro atoms. The molecule has 0 saturated heterocycles. The van der Waals surface area contributed by atoms with Crippen molar-refractivity contribution in [1.29, 1.82) is 5.26 Å². The van der Waals surface area contributed by atoms with Crippen molar-refractivity contribution in [3.8, 4) is 6.07 Å². The molecule has 0 amide bonds. The van der Waals surface area contributed by atoms with Gasteiger partial charge in [0.2, 0.25) is 0 Å². The van der Waals surface area contributed by atoms with Crippen LogP contribution in [-0.2, 0) is 10.2 Å². The second-order valence-corrected chi connectivity index (χ2v) is 4.73. The Bertz CT molecular complexity index is 373. The second kappa shape index (κ2) is 4.83. The zero-order valence-electron chi connectivity index (χ0n) is 8.15. The van der Waals surface area contributed by atoms with Crippen molar-refractivity contribution in [2.24, 2.45) is 0 Å². The van der Waals surface area contributed by atoms with Crippen LogP contribution in [0, 0.1) is 11.3 Å². The number of rotatable bonds is 3. The van der Waals surface area contributed by atoms with Gasteiger partial charge in [0, 0.05) is 0 Å². The molecule has 14 heavy (non-hydrogen) atoms. The van der Waals surface area contributed by atoms with Crippen LogP contribution in [0.1, 0.15) is 12.5 Å². The third-order valence-electron chi connectivity index (χ3n) is 2.17. The van der Waals surface area contributed by atoms with Crippen LogP contribution in [0.15, 0.2) is 30.3 Å². The van der Waals surface area contributed by atoms with Crippen molar-refractivity contribution in [2.75, 3.05) is 0 Å². The first-order valence-corrected chi connectivity index (χ1v) is 6.77. The Kier molecular flexibility index (Phi) is 3.99. The first-order valence-electron chi connectivity index (χ1n) is 4.20. The molecule has 0 aliphatic heterocycles. The van der Waals surface area contributed by atoms with Crippen LogP contribution < -0.4 is 0 Å². The third kappa shape index (κ3) is 2.11. The summed E-state index contributed by atoms with van der Waals surface area (Å²) in [6.45, 7) is 1.69. The topological polar surface area (TPSA) is 40.9 Å². The van der Waals surface area contributed by atoms with Crippen molar-refractivity contribution in [2.45, 2.75) is 12.3 Å². The number of hydrogen-bond donors (Lipinski definition) is 0. The van der Waals surface area contributed by atoms with E-state index < -0.39 is 5.41 Å². The van der Waals surface area contributed by atoms with Gasteiger partial charge in [-0.25, -0.2) is 0 Å². The molecule has 66 valence electrons. The van der Waals surface area contributed by atoms with E-state index in [9.17, 15) is 4.79 Å². The van der Waals surface area contributed by atoms with Gasteiger partial charge >= 0.3 is 97.6 Å². The summed E-state index contributed by atoms with van der Waals surface area (Å²) in [5.74, 6) is 0. The summed E-state index contributed by atoms with van der Waals surface area (Å²) in [4.78, 5) is 11.7. The van der Waals surface area contributed by atoms with Crippen LogP contribution in [0.4, 0.5) is 0 Å². The minimum absolute atomic E-state index is 0.0266. The van der Waals surface area contributed by atoms with E-state index >= 15 is 0 Å². The monoisotopic (exact) mass is 245 g/mol. The van der Waals surface area contributed by atoms with Gasteiger partial charge < -0.3 is 0 Å². The number of nitriles is 1. The van der Waals surface area contributed by atoms with E-state index in [0.29, 0.717) is 0 Å². The Balaban J connectivity index is 3.17. The first kappa shape index (κ1) is 11.6. The predicted octanol–water partition coefficient (Wildman–Crippen LogP) is 0.782. The van der Waals surface area contributed by atoms with E-state index in [1.165, 1.54) is 0 Å². The molecule has 0 N–H and O–H groups in total. The Morgan fingerprint density at radius 3 is 2.50 bits per heavy atom. The number of carbonyl (C=O) groups excluding carboxylic acids is 1. The quantitative estimate of drug-likeness (QED) is 0.737. The Morgan fingerprint density at radius 1 is 1.50 bits per heavy atom. The van der Waals surface area contributed by atoms with Gasteiger partial charge in [0.1, 0.15) is 0 Å². The molecule has 0 saturated carbocycles. The van der Waals surface area contributed by atoms with Crippen LogP contribution in [0.2, 0.25) is 0 Å². The summed E-state index contributed by atoms with van der Waals surface area (Å²) in [6, 6.07) is 11.3. The fraction of sp³-hybridized carbons (Fsp3) is 0.200. The van der Waals surface area contributed by atoms with E-state index in [-0.39, 0.29) is 17.5 Å². The second-order valence-electron chi connectivity index (χ2n) is 3.09. The summed E-state index contributed by atoms with van der Waals surface area (Å²) in [6.07, 6.45) is 0. The number of nitrogens with zero attached hydrogens (tertiary/aromatic N) is 1. The summed E-state index contributed by atoms with van der Waals surface area (Å²) in [7, 11) is 0. The van der Waals surface area contributed by atoms with Gasteiger partial charge in [0.25, 0.3) is 0 Å². The summed E-state index contributed by atoms with van der Waals surface area (Å²) < 4.78 is 0.0266. The molecule has 0 bridgehead atoms. The van der Waals surface area contributed by atoms with Crippen LogP contribution in [0.25, 0.3) is 0 Å². The molecule has 1 aromatic carbocycles. The molecule has 0 aromatic heterocycles. The predicted molar refractivity (Wildman–Crippen MR) is 55.9 cm³/mol. The van der Waals surface area contributed by atoms with Gasteiger partial charge in [-0.2, -0.15) is 0 Å². The molecule has 1 atom stereocenters. The molecule has 2 nitrogen and oxygen atoms in total. The molecule has 1 aromatic rings. The maximum atomic E-state index is 11.7. The normalized spacial score (nSPS) is 14.1. The van der Waals surface area contributed by atoms with Crippen molar-refractivity contribution in [1.82, 2.24) is 0 Å². The van der Waals surface area contributed by atoms with Crippen LogP contribution >= 0.6 is 0 Å².